The molecule has 2 rings (SSSR count). The van der Waals surface area contributed by atoms with Crippen molar-refractivity contribution in [3.63, 3.8) is 0 Å². The molecule has 0 unspecified atom stereocenters. The van der Waals surface area contributed by atoms with Gasteiger partial charge in [-0.2, -0.15) is 0 Å². The van der Waals surface area contributed by atoms with E-state index in [-0.39, 0.29) is 5.78 Å². The van der Waals surface area contributed by atoms with Crippen LogP contribution >= 0.6 is 23.1 Å². The van der Waals surface area contributed by atoms with Crippen LogP contribution < -0.4 is 10.1 Å². The third kappa shape index (κ3) is 5.49. The van der Waals surface area contributed by atoms with Crippen LogP contribution in [0, 0.1) is 0 Å². The number of aromatic nitrogens is 2. The smallest absolute Gasteiger partial charge is 0.206 e. The minimum atomic E-state index is 0.0580. The minimum absolute atomic E-state index is 0.0580. The largest absolute Gasteiger partial charge is 0.494 e. The summed E-state index contributed by atoms with van der Waals surface area (Å²) in [5, 5.41) is 12.5. The lowest BCUT2D eigenvalue weighted by Gasteiger charge is -2.10. The summed E-state index contributed by atoms with van der Waals surface area (Å²) in [6.45, 7) is 7.21. The molecule has 0 radical (unpaired) electrons. The maximum absolute atomic E-state index is 11.6. The Bertz CT molecular complexity index is 674. The predicted molar refractivity (Wildman–Crippen MR) is 100 cm³/mol. The van der Waals surface area contributed by atoms with Crippen LogP contribution in [0.2, 0.25) is 0 Å². The topological polar surface area (TPSA) is 64.1 Å². The number of anilines is 1. The van der Waals surface area contributed by atoms with Gasteiger partial charge in [0.25, 0.3) is 0 Å². The molecule has 0 bridgehead atoms. The van der Waals surface area contributed by atoms with Crippen LogP contribution in [0.1, 0.15) is 49.5 Å². The van der Waals surface area contributed by atoms with Crippen LogP contribution in [0.4, 0.5) is 5.13 Å². The number of nitrogens with one attached hydrogen (secondary N) is 1. The van der Waals surface area contributed by atoms with Gasteiger partial charge in [-0.05, 0) is 38.5 Å². The number of Topliss-reactive ketones (excluding diaryl/α,β-unsaturated/α-hetero) is 1. The maximum Gasteiger partial charge on any atom is 0.206 e. The summed E-state index contributed by atoms with van der Waals surface area (Å²) >= 11 is 3.16. The van der Waals surface area contributed by atoms with Gasteiger partial charge in [0.2, 0.25) is 5.13 Å². The van der Waals surface area contributed by atoms with Gasteiger partial charge in [0.1, 0.15) is 5.75 Å². The van der Waals surface area contributed by atoms with Crippen LogP contribution in [0.3, 0.4) is 0 Å². The molecule has 0 atom stereocenters. The number of carbonyl (C=O) groups is 1. The zero-order valence-corrected chi connectivity index (χ0v) is 15.9. The molecular weight excluding hydrogens is 342 g/mol. The summed E-state index contributed by atoms with van der Waals surface area (Å²) in [6.07, 6.45) is 2.28. The molecule has 0 saturated carbocycles. The molecule has 0 aliphatic rings. The van der Waals surface area contributed by atoms with Crippen molar-refractivity contribution in [2.75, 3.05) is 18.5 Å². The lowest BCUT2D eigenvalue weighted by atomic mass is 10.1. The molecule has 0 aliphatic carbocycles. The molecule has 0 saturated heterocycles. The van der Waals surface area contributed by atoms with E-state index in [1.807, 2.05) is 25.1 Å². The Hall–Kier alpha value is -1.60. The average Bonchev–Trinajstić information content (AvgIpc) is 3.02. The number of rotatable bonds is 10. The second-order valence-electron chi connectivity index (χ2n) is 5.25. The van der Waals surface area contributed by atoms with Gasteiger partial charge in [0.15, 0.2) is 10.1 Å². The molecule has 1 N–H and O–H groups in total. The number of carbonyl (C=O) groups excluding carboxylic acids is 1. The minimum Gasteiger partial charge on any atom is -0.494 e. The average molecular weight is 366 g/mol. The first-order valence-electron chi connectivity index (χ1n) is 8.10. The van der Waals surface area contributed by atoms with Crippen molar-refractivity contribution in [1.29, 1.82) is 0 Å². The van der Waals surface area contributed by atoms with Gasteiger partial charge >= 0.3 is 0 Å². The van der Waals surface area contributed by atoms with Gasteiger partial charge in [-0.15, -0.1) is 10.2 Å². The standard InChI is InChI=1S/C17H23N3O2S2/c1-4-6-9-18-16-19-20-17(24-16)23-11-14-10-13(12(3)21)7-8-15(14)22-5-2/h7-8,10H,4-6,9,11H2,1-3H3,(H,18,19). The lowest BCUT2D eigenvalue weighted by molar-refractivity contribution is 0.101. The monoisotopic (exact) mass is 365 g/mol. The molecule has 1 aromatic carbocycles. The summed E-state index contributed by atoms with van der Waals surface area (Å²) < 4.78 is 6.57. The molecule has 1 heterocycles. The molecule has 0 spiro atoms. The first-order valence-corrected chi connectivity index (χ1v) is 9.91. The second kappa shape index (κ2) is 9.64. The molecule has 0 aliphatic heterocycles. The van der Waals surface area contributed by atoms with Crippen molar-refractivity contribution in [2.45, 2.75) is 43.7 Å². The van der Waals surface area contributed by atoms with E-state index in [9.17, 15) is 4.79 Å². The van der Waals surface area contributed by atoms with Gasteiger partial charge in [0.05, 0.1) is 6.61 Å². The fourth-order valence-electron chi connectivity index (χ4n) is 2.06. The zero-order chi connectivity index (χ0) is 17.4. The number of hydrogen-bond donors (Lipinski definition) is 1. The van der Waals surface area contributed by atoms with Gasteiger partial charge in [-0.25, -0.2) is 0 Å². The highest BCUT2D eigenvalue weighted by molar-refractivity contribution is 8.00. The van der Waals surface area contributed by atoms with E-state index < -0.39 is 0 Å². The van der Waals surface area contributed by atoms with Gasteiger partial charge in [-0.1, -0.05) is 36.4 Å². The molecule has 130 valence electrons. The van der Waals surface area contributed by atoms with Crippen molar-refractivity contribution < 1.29 is 9.53 Å². The number of thioether (sulfide) groups is 1. The number of benzene rings is 1. The fraction of sp³-hybridized carbons (Fsp3) is 0.471. The lowest BCUT2D eigenvalue weighted by Crippen LogP contribution is -1.99. The number of ketones is 1. The molecule has 7 heteroatoms. The Balaban J connectivity index is 2.02. The van der Waals surface area contributed by atoms with E-state index in [0.717, 1.165) is 40.2 Å². The first-order chi connectivity index (χ1) is 11.6. The Kier molecular flexibility index (Phi) is 7.52. The first kappa shape index (κ1) is 18.7. The molecule has 1 aromatic heterocycles. The summed E-state index contributed by atoms with van der Waals surface area (Å²) in [7, 11) is 0. The van der Waals surface area contributed by atoms with E-state index >= 15 is 0 Å². The van der Waals surface area contributed by atoms with Crippen molar-refractivity contribution in [3.8, 4) is 5.75 Å². The third-order valence-electron chi connectivity index (χ3n) is 3.33. The number of ether oxygens (including phenoxy) is 1. The van der Waals surface area contributed by atoms with Crippen LogP contribution in [-0.2, 0) is 5.75 Å². The van der Waals surface area contributed by atoms with E-state index in [1.165, 1.54) is 0 Å². The van der Waals surface area contributed by atoms with Gasteiger partial charge in [-0.3, -0.25) is 4.79 Å². The van der Waals surface area contributed by atoms with Crippen LogP contribution in [0.25, 0.3) is 0 Å². The fourth-order valence-corrected chi connectivity index (χ4v) is 3.81. The number of nitrogens with zero attached hydrogens (tertiary/aromatic N) is 2. The molecule has 0 amide bonds. The number of hydrogen-bond acceptors (Lipinski definition) is 7. The Morgan fingerprint density at radius 1 is 1.33 bits per heavy atom. The van der Waals surface area contributed by atoms with Gasteiger partial charge in [0, 0.05) is 23.4 Å². The van der Waals surface area contributed by atoms with Crippen molar-refractivity contribution >= 4 is 34.0 Å². The SMILES string of the molecule is CCCCNc1nnc(SCc2cc(C(C)=O)ccc2OCC)s1. The molecule has 5 nitrogen and oxygen atoms in total. The van der Waals surface area contributed by atoms with Gasteiger partial charge < -0.3 is 10.1 Å². The highest BCUT2D eigenvalue weighted by Gasteiger charge is 2.10. The maximum atomic E-state index is 11.6. The van der Waals surface area contributed by atoms with Crippen molar-refractivity contribution in [1.82, 2.24) is 10.2 Å². The quantitative estimate of drug-likeness (QED) is 0.376. The third-order valence-corrected chi connectivity index (χ3v) is 5.39. The molecule has 0 fully saturated rings. The van der Waals surface area contributed by atoms with Crippen LogP contribution in [0.5, 0.6) is 5.75 Å². The van der Waals surface area contributed by atoms with E-state index in [2.05, 4.69) is 22.4 Å². The summed E-state index contributed by atoms with van der Waals surface area (Å²) in [4.78, 5) is 11.6. The van der Waals surface area contributed by atoms with Crippen molar-refractivity contribution in [3.05, 3.63) is 29.3 Å². The highest BCUT2D eigenvalue weighted by Crippen LogP contribution is 2.32. The van der Waals surface area contributed by atoms with Crippen molar-refractivity contribution in [2.24, 2.45) is 0 Å². The van der Waals surface area contributed by atoms with Crippen LogP contribution in [0.15, 0.2) is 22.5 Å². The van der Waals surface area contributed by atoms with Crippen LogP contribution in [-0.4, -0.2) is 29.1 Å². The predicted octanol–water partition coefficient (Wildman–Crippen LogP) is 4.64. The number of unbranched alkanes of at least 4 members (excludes halogenated alkanes) is 1. The van der Waals surface area contributed by atoms with E-state index in [4.69, 9.17) is 4.74 Å². The second-order valence-corrected chi connectivity index (χ2v) is 7.45. The zero-order valence-electron chi connectivity index (χ0n) is 14.3. The highest BCUT2D eigenvalue weighted by atomic mass is 32.2. The summed E-state index contributed by atoms with van der Waals surface area (Å²) in [5.41, 5.74) is 1.71. The Morgan fingerprint density at radius 2 is 2.17 bits per heavy atom. The molecule has 2 aromatic rings. The molecular formula is C17H23N3O2S2. The van der Waals surface area contributed by atoms with E-state index in [0.29, 0.717) is 17.9 Å². The molecule has 24 heavy (non-hydrogen) atoms. The Morgan fingerprint density at radius 3 is 2.88 bits per heavy atom. The summed E-state index contributed by atoms with van der Waals surface area (Å²) in [6, 6.07) is 5.58. The summed E-state index contributed by atoms with van der Waals surface area (Å²) in [5.74, 6) is 1.57. The Labute approximate surface area is 151 Å². The van der Waals surface area contributed by atoms with E-state index in [1.54, 1.807) is 30.0 Å². The normalized spacial score (nSPS) is 10.6.